The van der Waals surface area contributed by atoms with Crippen molar-refractivity contribution in [2.75, 3.05) is 5.01 Å². The van der Waals surface area contributed by atoms with E-state index in [9.17, 15) is 14.0 Å². The number of primary amides is 1. The predicted octanol–water partition coefficient (Wildman–Crippen LogP) is 1.93. The van der Waals surface area contributed by atoms with Gasteiger partial charge in [0.15, 0.2) is 0 Å². The first-order valence-electron chi connectivity index (χ1n) is 7.68. The number of carbonyl (C=O) groups is 2. The SMILES string of the molecule is Cc1ccsc1CNC(=O)C1=NN(c2ccc(F)cc2)C(C(N)=O)C1. The van der Waals surface area contributed by atoms with Crippen molar-refractivity contribution in [3.63, 3.8) is 0 Å². The van der Waals surface area contributed by atoms with Gasteiger partial charge in [-0.2, -0.15) is 5.10 Å². The van der Waals surface area contributed by atoms with Gasteiger partial charge in [-0.15, -0.1) is 11.3 Å². The zero-order chi connectivity index (χ0) is 18.0. The summed E-state index contributed by atoms with van der Waals surface area (Å²) < 4.78 is 13.1. The molecule has 2 heterocycles. The molecule has 1 aliphatic heterocycles. The summed E-state index contributed by atoms with van der Waals surface area (Å²) in [6, 6.07) is 6.73. The highest BCUT2D eigenvalue weighted by atomic mass is 32.1. The molecule has 0 aliphatic carbocycles. The van der Waals surface area contributed by atoms with Crippen LogP contribution in [0.5, 0.6) is 0 Å². The van der Waals surface area contributed by atoms with Crippen LogP contribution in [-0.4, -0.2) is 23.6 Å². The number of hydrogen-bond donors (Lipinski definition) is 2. The molecule has 0 fully saturated rings. The van der Waals surface area contributed by atoms with Crippen molar-refractivity contribution in [3.8, 4) is 0 Å². The number of rotatable bonds is 5. The molecule has 1 atom stereocenters. The summed E-state index contributed by atoms with van der Waals surface area (Å²) in [5.74, 6) is -1.33. The normalized spacial score (nSPS) is 16.6. The first-order chi connectivity index (χ1) is 12.0. The largest absolute Gasteiger partial charge is 0.368 e. The van der Waals surface area contributed by atoms with E-state index in [0.717, 1.165) is 10.4 Å². The number of benzene rings is 1. The monoisotopic (exact) mass is 360 g/mol. The molecule has 2 amide bonds. The molecular weight excluding hydrogens is 343 g/mol. The van der Waals surface area contributed by atoms with Crippen molar-refractivity contribution in [2.24, 2.45) is 10.8 Å². The maximum atomic E-state index is 13.1. The van der Waals surface area contributed by atoms with E-state index in [-0.39, 0.29) is 18.0 Å². The van der Waals surface area contributed by atoms with Gasteiger partial charge in [0.2, 0.25) is 5.91 Å². The number of hydrazone groups is 1. The molecule has 6 nitrogen and oxygen atoms in total. The minimum atomic E-state index is -0.769. The lowest BCUT2D eigenvalue weighted by Gasteiger charge is -2.20. The fraction of sp³-hybridized carbons (Fsp3) is 0.235. The number of anilines is 1. The van der Waals surface area contributed by atoms with Crippen LogP contribution >= 0.6 is 11.3 Å². The van der Waals surface area contributed by atoms with Gasteiger partial charge in [0.05, 0.1) is 12.2 Å². The molecule has 8 heteroatoms. The third kappa shape index (κ3) is 3.69. The molecule has 25 heavy (non-hydrogen) atoms. The van der Waals surface area contributed by atoms with Gasteiger partial charge in [-0.05, 0) is 48.2 Å². The highest BCUT2D eigenvalue weighted by Crippen LogP contribution is 2.25. The Balaban J connectivity index is 1.75. The number of nitrogens with two attached hydrogens (primary N) is 1. The molecular formula is C17H17FN4O2S. The van der Waals surface area contributed by atoms with Crippen LogP contribution < -0.4 is 16.1 Å². The second kappa shape index (κ2) is 7.02. The first kappa shape index (κ1) is 17.1. The topological polar surface area (TPSA) is 87.8 Å². The molecule has 3 N–H and O–H groups in total. The molecule has 1 aromatic carbocycles. The van der Waals surface area contributed by atoms with Crippen LogP contribution in [0.2, 0.25) is 0 Å². The van der Waals surface area contributed by atoms with Crippen LogP contribution in [0.1, 0.15) is 16.9 Å². The van der Waals surface area contributed by atoms with Crippen LogP contribution in [0.25, 0.3) is 0 Å². The van der Waals surface area contributed by atoms with Gasteiger partial charge in [-0.3, -0.25) is 14.6 Å². The van der Waals surface area contributed by atoms with Crippen molar-refractivity contribution in [3.05, 3.63) is 52.0 Å². The van der Waals surface area contributed by atoms with E-state index in [2.05, 4.69) is 10.4 Å². The molecule has 3 rings (SSSR count). The second-order valence-corrected chi connectivity index (χ2v) is 6.70. The Morgan fingerprint density at radius 3 is 2.68 bits per heavy atom. The number of carbonyl (C=O) groups excluding carboxylic acids is 2. The van der Waals surface area contributed by atoms with Crippen molar-refractivity contribution in [1.29, 1.82) is 0 Å². The summed E-state index contributed by atoms with van der Waals surface area (Å²) in [7, 11) is 0. The van der Waals surface area contributed by atoms with Gasteiger partial charge in [0, 0.05) is 11.3 Å². The molecule has 130 valence electrons. The van der Waals surface area contributed by atoms with E-state index in [0.29, 0.717) is 12.2 Å². The first-order valence-corrected chi connectivity index (χ1v) is 8.56. The van der Waals surface area contributed by atoms with E-state index in [1.165, 1.54) is 29.3 Å². The lowest BCUT2D eigenvalue weighted by atomic mass is 10.1. The number of nitrogens with zero attached hydrogens (tertiary/aromatic N) is 2. The van der Waals surface area contributed by atoms with Gasteiger partial charge in [-0.1, -0.05) is 0 Å². The van der Waals surface area contributed by atoms with E-state index in [4.69, 9.17) is 5.73 Å². The Kier molecular flexibility index (Phi) is 4.80. The molecule has 0 bridgehead atoms. The molecule has 2 aromatic rings. The van der Waals surface area contributed by atoms with E-state index in [1.54, 1.807) is 11.3 Å². The molecule has 0 spiro atoms. The number of thiophene rings is 1. The van der Waals surface area contributed by atoms with Crippen molar-refractivity contribution < 1.29 is 14.0 Å². The van der Waals surface area contributed by atoms with Crippen LogP contribution in [0.15, 0.2) is 40.8 Å². The van der Waals surface area contributed by atoms with E-state index in [1.807, 2.05) is 18.4 Å². The maximum absolute atomic E-state index is 13.1. The fourth-order valence-electron chi connectivity index (χ4n) is 2.55. The third-order valence-corrected chi connectivity index (χ3v) is 4.99. The van der Waals surface area contributed by atoms with Gasteiger partial charge in [-0.25, -0.2) is 4.39 Å². The van der Waals surface area contributed by atoms with Gasteiger partial charge in [0.1, 0.15) is 17.6 Å². The summed E-state index contributed by atoms with van der Waals surface area (Å²) in [6.45, 7) is 2.38. The standard InChI is InChI=1S/C17H17FN4O2S/c1-10-6-7-25-15(10)9-20-17(24)13-8-14(16(19)23)22(21-13)12-4-2-11(18)3-5-12/h2-7,14H,8-9H2,1H3,(H2,19,23)(H,20,24). The summed E-state index contributed by atoms with van der Waals surface area (Å²) in [5.41, 5.74) is 7.27. The quantitative estimate of drug-likeness (QED) is 0.854. The lowest BCUT2D eigenvalue weighted by molar-refractivity contribution is -0.119. The average Bonchev–Trinajstić information content (AvgIpc) is 3.20. The molecule has 1 aromatic heterocycles. The lowest BCUT2D eigenvalue weighted by Crippen LogP contribution is -2.39. The van der Waals surface area contributed by atoms with Crippen molar-refractivity contribution in [1.82, 2.24) is 5.32 Å². The summed E-state index contributed by atoms with van der Waals surface area (Å²) >= 11 is 1.56. The Morgan fingerprint density at radius 1 is 1.36 bits per heavy atom. The van der Waals surface area contributed by atoms with Crippen LogP contribution in [0.3, 0.4) is 0 Å². The van der Waals surface area contributed by atoms with E-state index >= 15 is 0 Å². The van der Waals surface area contributed by atoms with Crippen LogP contribution in [-0.2, 0) is 16.1 Å². The predicted molar refractivity (Wildman–Crippen MR) is 94.8 cm³/mol. The highest BCUT2D eigenvalue weighted by molar-refractivity contribution is 7.10. The summed E-state index contributed by atoms with van der Waals surface area (Å²) in [4.78, 5) is 25.2. The molecule has 0 radical (unpaired) electrons. The van der Waals surface area contributed by atoms with Gasteiger partial charge >= 0.3 is 0 Å². The number of aryl methyl sites for hydroxylation is 1. The Morgan fingerprint density at radius 2 is 2.08 bits per heavy atom. The number of amides is 2. The third-order valence-electron chi connectivity index (χ3n) is 3.97. The van der Waals surface area contributed by atoms with Gasteiger partial charge in [0.25, 0.3) is 5.91 Å². The maximum Gasteiger partial charge on any atom is 0.267 e. The molecule has 0 saturated carbocycles. The van der Waals surface area contributed by atoms with Crippen LogP contribution in [0.4, 0.5) is 10.1 Å². The summed E-state index contributed by atoms with van der Waals surface area (Å²) in [6.07, 6.45) is 0.113. The minimum absolute atomic E-state index is 0.113. The van der Waals surface area contributed by atoms with Crippen molar-refractivity contribution in [2.45, 2.75) is 25.9 Å². The van der Waals surface area contributed by atoms with Crippen molar-refractivity contribution >= 4 is 34.6 Å². The molecule has 1 unspecified atom stereocenters. The van der Waals surface area contributed by atoms with E-state index < -0.39 is 17.8 Å². The van der Waals surface area contributed by atoms with Gasteiger partial charge < -0.3 is 11.1 Å². The summed E-state index contributed by atoms with van der Waals surface area (Å²) in [5, 5.41) is 10.4. The average molecular weight is 360 g/mol. The Hall–Kier alpha value is -2.74. The zero-order valence-electron chi connectivity index (χ0n) is 13.5. The Bertz CT molecular complexity index is 831. The highest BCUT2D eigenvalue weighted by Gasteiger charge is 2.34. The molecule has 1 aliphatic rings. The Labute approximate surface area is 148 Å². The smallest absolute Gasteiger partial charge is 0.267 e. The molecule has 0 saturated heterocycles. The number of nitrogens with one attached hydrogen (secondary N) is 1. The van der Waals surface area contributed by atoms with Crippen LogP contribution in [0, 0.1) is 12.7 Å². The number of halogens is 1. The minimum Gasteiger partial charge on any atom is -0.368 e. The number of hydrogen-bond acceptors (Lipinski definition) is 5. The second-order valence-electron chi connectivity index (χ2n) is 5.70. The fourth-order valence-corrected chi connectivity index (χ4v) is 3.39. The zero-order valence-corrected chi connectivity index (χ0v) is 14.3.